The molecule has 2 amide bonds. The van der Waals surface area contributed by atoms with Crippen LogP contribution in [0.25, 0.3) is 0 Å². The molecular formula is C18H16N3O3+. The normalized spacial score (nSPS) is 23.2. The van der Waals surface area contributed by atoms with Gasteiger partial charge in [0.15, 0.2) is 12.4 Å². The lowest BCUT2D eigenvalue weighted by Crippen LogP contribution is -2.59. The van der Waals surface area contributed by atoms with E-state index in [4.69, 9.17) is 4.74 Å². The van der Waals surface area contributed by atoms with Crippen molar-refractivity contribution in [1.82, 2.24) is 5.32 Å². The number of amides is 2. The van der Waals surface area contributed by atoms with Crippen molar-refractivity contribution in [2.45, 2.75) is 12.0 Å². The number of aromatic nitrogens is 1. The van der Waals surface area contributed by atoms with Crippen LogP contribution in [0.1, 0.15) is 17.5 Å². The summed E-state index contributed by atoms with van der Waals surface area (Å²) in [6.45, 7) is 0. The molecule has 1 aliphatic rings. The lowest BCUT2D eigenvalue weighted by atomic mass is 9.77. The van der Waals surface area contributed by atoms with E-state index in [9.17, 15) is 14.9 Å². The molecule has 1 aromatic carbocycles. The van der Waals surface area contributed by atoms with Gasteiger partial charge in [-0.25, -0.2) is 0 Å². The molecule has 0 spiro atoms. The van der Waals surface area contributed by atoms with Crippen molar-refractivity contribution >= 4 is 11.8 Å². The molecule has 1 saturated heterocycles. The Morgan fingerprint density at radius 2 is 1.75 bits per heavy atom. The first-order valence-corrected chi connectivity index (χ1v) is 7.49. The second kappa shape index (κ2) is 6.50. The Labute approximate surface area is 139 Å². The van der Waals surface area contributed by atoms with E-state index in [1.807, 2.05) is 12.1 Å². The number of ether oxygens (including phenoxy) is 1. The minimum absolute atomic E-state index is 0.413. The Morgan fingerprint density at radius 1 is 1.08 bits per heavy atom. The van der Waals surface area contributed by atoms with Crippen LogP contribution in [0.5, 0.6) is 5.75 Å². The summed E-state index contributed by atoms with van der Waals surface area (Å²) in [6, 6.07) is 13.9. The summed E-state index contributed by atoms with van der Waals surface area (Å²) in [6.07, 6.45) is 3.51. The van der Waals surface area contributed by atoms with Crippen LogP contribution in [0.2, 0.25) is 0 Å². The monoisotopic (exact) mass is 322 g/mol. The molecule has 3 atom stereocenters. The number of nitrogens with one attached hydrogen (secondary N) is 1. The highest BCUT2D eigenvalue weighted by atomic mass is 16.5. The van der Waals surface area contributed by atoms with E-state index in [0.717, 1.165) is 5.56 Å². The van der Waals surface area contributed by atoms with Gasteiger partial charge in [-0.2, -0.15) is 9.83 Å². The molecule has 1 N–H and O–H groups in total. The molecule has 0 unspecified atom stereocenters. The minimum atomic E-state index is -0.950. The molecule has 2 heterocycles. The topological polar surface area (TPSA) is 83.1 Å². The average Bonchev–Trinajstić information content (AvgIpc) is 2.62. The van der Waals surface area contributed by atoms with Crippen LogP contribution in [0.4, 0.5) is 0 Å². The number of rotatable bonds is 3. The average molecular weight is 322 g/mol. The Kier molecular flexibility index (Phi) is 4.25. The molecule has 24 heavy (non-hydrogen) atoms. The van der Waals surface area contributed by atoms with Gasteiger partial charge in [0.25, 0.3) is 5.91 Å². The van der Waals surface area contributed by atoms with E-state index >= 15 is 0 Å². The summed E-state index contributed by atoms with van der Waals surface area (Å²) in [5, 5.41) is 11.8. The van der Waals surface area contributed by atoms with Gasteiger partial charge in [-0.05, 0) is 17.7 Å². The first kappa shape index (κ1) is 15.7. The van der Waals surface area contributed by atoms with Crippen molar-refractivity contribution in [2.24, 2.45) is 5.92 Å². The molecule has 6 heteroatoms. The highest BCUT2D eigenvalue weighted by Crippen LogP contribution is 2.36. The fraction of sp³-hybridized carbons (Fsp3) is 0.222. The summed E-state index contributed by atoms with van der Waals surface area (Å²) >= 11 is 0. The number of nitrogens with zero attached hydrogens (tertiary/aromatic N) is 2. The molecular weight excluding hydrogens is 306 g/mol. The second-order valence-corrected chi connectivity index (χ2v) is 5.53. The Balaban J connectivity index is 2.11. The van der Waals surface area contributed by atoms with Crippen molar-refractivity contribution < 1.29 is 18.9 Å². The van der Waals surface area contributed by atoms with Crippen LogP contribution in [0.15, 0.2) is 54.9 Å². The lowest BCUT2D eigenvalue weighted by Gasteiger charge is -2.30. The molecule has 1 fully saturated rings. The molecule has 0 bridgehead atoms. The summed E-state index contributed by atoms with van der Waals surface area (Å²) in [5.74, 6) is -1.83. The maximum Gasteiger partial charge on any atom is 0.296 e. The minimum Gasteiger partial charge on any atom is -0.497 e. The molecule has 2 aromatic rings. The summed E-state index contributed by atoms with van der Waals surface area (Å²) in [7, 11) is 1.56. The van der Waals surface area contributed by atoms with Crippen LogP contribution in [-0.4, -0.2) is 18.9 Å². The van der Waals surface area contributed by atoms with Crippen molar-refractivity contribution in [3.8, 4) is 11.8 Å². The largest absolute Gasteiger partial charge is 0.497 e. The van der Waals surface area contributed by atoms with E-state index in [1.54, 1.807) is 60.5 Å². The number of carbonyl (C=O) groups is 2. The van der Waals surface area contributed by atoms with Gasteiger partial charge in [0.1, 0.15) is 11.7 Å². The second-order valence-electron chi connectivity index (χ2n) is 5.53. The first-order valence-electron chi connectivity index (χ1n) is 7.49. The summed E-state index contributed by atoms with van der Waals surface area (Å²) in [5.41, 5.74) is 0.743. The Hall–Kier alpha value is -3.20. The number of methoxy groups -OCH3 is 1. The van der Waals surface area contributed by atoms with Gasteiger partial charge in [-0.1, -0.05) is 18.2 Å². The predicted octanol–water partition coefficient (Wildman–Crippen LogP) is 1.10. The van der Waals surface area contributed by atoms with E-state index < -0.39 is 29.7 Å². The van der Waals surface area contributed by atoms with Crippen LogP contribution < -0.4 is 14.6 Å². The van der Waals surface area contributed by atoms with Crippen LogP contribution in [0.3, 0.4) is 0 Å². The first-order chi connectivity index (χ1) is 11.7. The van der Waals surface area contributed by atoms with Gasteiger partial charge in [0.05, 0.1) is 19.1 Å². The molecule has 1 aliphatic heterocycles. The fourth-order valence-corrected chi connectivity index (χ4v) is 3.04. The zero-order valence-corrected chi connectivity index (χ0v) is 13.0. The van der Waals surface area contributed by atoms with Gasteiger partial charge in [-0.15, -0.1) is 0 Å². The van der Waals surface area contributed by atoms with Crippen molar-refractivity contribution in [3.63, 3.8) is 0 Å². The highest BCUT2D eigenvalue weighted by molar-refractivity contribution is 6.02. The lowest BCUT2D eigenvalue weighted by molar-refractivity contribution is -0.713. The quantitative estimate of drug-likeness (QED) is 0.678. The molecule has 0 aliphatic carbocycles. The summed E-state index contributed by atoms with van der Waals surface area (Å²) in [4.78, 5) is 24.6. The highest BCUT2D eigenvalue weighted by Gasteiger charge is 2.50. The standard InChI is InChI=1S/C18H15N3O3/c1-24-13-7-5-12(6-8-13)15-14(11-19)17(22)20-18(23)16(15)21-9-3-2-4-10-21/h2-10,14-16H,1H3/p+1/t14-,15+,16-/m0/s1. The van der Waals surface area contributed by atoms with Gasteiger partial charge in [-0.3, -0.25) is 14.9 Å². The SMILES string of the molecule is COc1ccc([C@@H]2[C@H](C#N)C(=O)NC(=O)[C@H]2[n+]2ccccc2)cc1. The van der Waals surface area contributed by atoms with Gasteiger partial charge in [0.2, 0.25) is 11.9 Å². The van der Waals surface area contributed by atoms with Crippen molar-refractivity contribution in [2.75, 3.05) is 7.11 Å². The van der Waals surface area contributed by atoms with Crippen LogP contribution in [-0.2, 0) is 9.59 Å². The third-order valence-electron chi connectivity index (χ3n) is 4.20. The van der Waals surface area contributed by atoms with E-state index in [-0.39, 0.29) is 0 Å². The number of hydrogen-bond donors (Lipinski definition) is 1. The van der Waals surface area contributed by atoms with E-state index in [0.29, 0.717) is 5.75 Å². The van der Waals surface area contributed by atoms with Crippen LogP contribution >= 0.6 is 0 Å². The maximum atomic E-state index is 12.5. The van der Waals surface area contributed by atoms with Crippen molar-refractivity contribution in [3.05, 3.63) is 60.4 Å². The molecule has 6 nitrogen and oxygen atoms in total. The number of carbonyl (C=O) groups excluding carboxylic acids is 2. The molecule has 120 valence electrons. The van der Waals surface area contributed by atoms with Crippen molar-refractivity contribution in [1.29, 1.82) is 5.26 Å². The number of imide groups is 1. The van der Waals surface area contributed by atoms with E-state index in [1.165, 1.54) is 0 Å². The van der Waals surface area contributed by atoms with E-state index in [2.05, 4.69) is 5.32 Å². The number of piperidine rings is 1. The third kappa shape index (κ3) is 2.72. The zero-order valence-electron chi connectivity index (χ0n) is 13.0. The molecule has 1 aromatic heterocycles. The zero-order chi connectivity index (χ0) is 17.1. The smallest absolute Gasteiger partial charge is 0.296 e. The molecule has 3 rings (SSSR count). The fourth-order valence-electron chi connectivity index (χ4n) is 3.04. The number of hydrogen-bond acceptors (Lipinski definition) is 4. The van der Waals surface area contributed by atoms with Crippen LogP contribution in [0, 0.1) is 17.2 Å². The van der Waals surface area contributed by atoms with Gasteiger partial charge in [0, 0.05) is 12.1 Å². The van der Waals surface area contributed by atoms with Gasteiger partial charge >= 0.3 is 0 Å². The Morgan fingerprint density at radius 3 is 2.33 bits per heavy atom. The van der Waals surface area contributed by atoms with Gasteiger partial charge < -0.3 is 4.74 Å². The third-order valence-corrected chi connectivity index (χ3v) is 4.20. The Bertz CT molecular complexity index is 797. The number of pyridine rings is 1. The maximum absolute atomic E-state index is 12.5. The molecule has 0 radical (unpaired) electrons. The number of benzene rings is 1. The molecule has 0 saturated carbocycles. The predicted molar refractivity (Wildman–Crippen MR) is 83.7 cm³/mol. The number of nitriles is 1. The summed E-state index contributed by atoms with van der Waals surface area (Å²) < 4.78 is 6.87.